The third-order valence-electron chi connectivity index (χ3n) is 5.84. The van der Waals surface area contributed by atoms with Crippen LogP contribution in [-0.2, 0) is 0 Å². The highest BCUT2D eigenvalue weighted by Crippen LogP contribution is 2.29. The molecule has 34 heavy (non-hydrogen) atoms. The van der Waals surface area contributed by atoms with Crippen LogP contribution >= 0.6 is 0 Å². The fourth-order valence-electron chi connectivity index (χ4n) is 3.79. The molecule has 1 aliphatic carbocycles. The molecule has 8 nitrogen and oxygen atoms in total. The lowest BCUT2D eigenvalue weighted by Gasteiger charge is -2.23. The van der Waals surface area contributed by atoms with Crippen molar-refractivity contribution in [3.63, 3.8) is 0 Å². The van der Waals surface area contributed by atoms with Gasteiger partial charge >= 0.3 is 0 Å². The molecule has 1 saturated carbocycles. The van der Waals surface area contributed by atoms with Gasteiger partial charge in [-0.3, -0.25) is 9.78 Å². The van der Waals surface area contributed by atoms with Crippen molar-refractivity contribution in [3.8, 4) is 0 Å². The molecule has 180 valence electrons. The van der Waals surface area contributed by atoms with Crippen molar-refractivity contribution in [2.75, 3.05) is 17.2 Å². The Labute approximate surface area is 196 Å². The number of pyridine rings is 3. The van der Waals surface area contributed by atoms with Gasteiger partial charge in [0.2, 0.25) is 0 Å². The Hall–Kier alpha value is -3.40. The van der Waals surface area contributed by atoms with Crippen LogP contribution in [0.4, 0.5) is 26.1 Å². The monoisotopic (exact) mass is 470 g/mol. The molecule has 3 aromatic heterocycles. The molecule has 3 heterocycles. The SMILES string of the molecule is CC(C)(O)[C@H](F)CNC(=O)c1cnc(Nc2ccc3ncccc3n2)cc1NC1CCCC1F. The molecule has 2 unspecified atom stereocenters. The topological polar surface area (TPSA) is 112 Å². The first kappa shape index (κ1) is 23.7. The first-order valence-corrected chi connectivity index (χ1v) is 11.2. The first-order chi connectivity index (χ1) is 16.2. The standard InChI is InChI=1S/C24H28F2N6O2/c1-24(2,34)20(26)13-29-23(33)14-12-28-22(11-19(14)30-16-6-3-5-15(16)25)32-21-9-8-17-18(31-21)7-4-10-27-17/h4,7-12,15-16,20,34H,3,5-6,13H2,1-2H3,(H,29,33)(H2,28,30,31,32)/t15?,16?,20-/m1/s1. The van der Waals surface area contributed by atoms with Crippen LogP contribution in [-0.4, -0.2) is 56.5 Å². The third kappa shape index (κ3) is 5.56. The quantitative estimate of drug-likeness (QED) is 0.395. The second-order valence-electron chi connectivity index (χ2n) is 9.01. The zero-order valence-corrected chi connectivity index (χ0v) is 19.1. The van der Waals surface area contributed by atoms with Crippen molar-refractivity contribution in [2.45, 2.75) is 57.1 Å². The maximum atomic E-state index is 14.3. The van der Waals surface area contributed by atoms with Gasteiger partial charge in [-0.2, -0.15) is 0 Å². The maximum Gasteiger partial charge on any atom is 0.255 e. The van der Waals surface area contributed by atoms with Crippen LogP contribution in [0, 0.1) is 0 Å². The van der Waals surface area contributed by atoms with Gasteiger partial charge in [0.1, 0.15) is 24.0 Å². The number of nitrogens with one attached hydrogen (secondary N) is 3. The molecule has 3 aromatic rings. The number of amides is 1. The van der Waals surface area contributed by atoms with E-state index in [2.05, 4.69) is 30.9 Å². The van der Waals surface area contributed by atoms with E-state index in [0.717, 1.165) is 11.9 Å². The van der Waals surface area contributed by atoms with Gasteiger partial charge in [0.25, 0.3) is 5.91 Å². The summed E-state index contributed by atoms with van der Waals surface area (Å²) in [5, 5.41) is 18.5. The molecule has 1 aliphatic rings. The van der Waals surface area contributed by atoms with Crippen LogP contribution in [0.5, 0.6) is 0 Å². The minimum atomic E-state index is -1.65. The van der Waals surface area contributed by atoms with Gasteiger partial charge < -0.3 is 21.1 Å². The summed E-state index contributed by atoms with van der Waals surface area (Å²) in [6.07, 6.45) is 2.20. The molecule has 3 atom stereocenters. The summed E-state index contributed by atoms with van der Waals surface area (Å²) < 4.78 is 28.4. The summed E-state index contributed by atoms with van der Waals surface area (Å²) in [5.41, 5.74) is 0.408. The Morgan fingerprint density at radius 2 is 2.03 bits per heavy atom. The van der Waals surface area contributed by atoms with E-state index in [1.54, 1.807) is 24.4 Å². The Kier molecular flexibility index (Phi) is 6.87. The number of aliphatic hydroxyl groups is 1. The number of carbonyl (C=O) groups is 1. The van der Waals surface area contributed by atoms with Crippen molar-refractivity contribution < 1.29 is 18.7 Å². The molecular weight excluding hydrogens is 442 g/mol. The molecule has 0 aromatic carbocycles. The van der Waals surface area contributed by atoms with Gasteiger partial charge in [-0.15, -0.1) is 0 Å². The molecule has 4 N–H and O–H groups in total. The van der Waals surface area contributed by atoms with E-state index in [1.807, 2.05) is 12.1 Å². The highest BCUT2D eigenvalue weighted by molar-refractivity contribution is 6.00. The number of fused-ring (bicyclic) bond motifs is 1. The van der Waals surface area contributed by atoms with Crippen LogP contribution in [0.3, 0.4) is 0 Å². The van der Waals surface area contributed by atoms with Crippen molar-refractivity contribution in [1.82, 2.24) is 20.3 Å². The lowest BCUT2D eigenvalue weighted by molar-refractivity contribution is -0.00177. The molecule has 0 spiro atoms. The molecule has 1 amide bonds. The lowest BCUT2D eigenvalue weighted by Crippen LogP contribution is -2.42. The molecule has 0 bridgehead atoms. The summed E-state index contributed by atoms with van der Waals surface area (Å²) >= 11 is 0. The summed E-state index contributed by atoms with van der Waals surface area (Å²) in [6.45, 7) is 2.29. The smallest absolute Gasteiger partial charge is 0.255 e. The zero-order chi connectivity index (χ0) is 24.3. The van der Waals surface area contributed by atoms with Crippen LogP contribution in [0.25, 0.3) is 11.0 Å². The van der Waals surface area contributed by atoms with Crippen molar-refractivity contribution >= 4 is 34.3 Å². The fourth-order valence-corrected chi connectivity index (χ4v) is 3.79. The normalized spacial score (nSPS) is 19.1. The van der Waals surface area contributed by atoms with Gasteiger partial charge in [0.05, 0.1) is 40.5 Å². The molecule has 1 fully saturated rings. The van der Waals surface area contributed by atoms with Gasteiger partial charge in [0.15, 0.2) is 0 Å². The number of alkyl halides is 2. The fraction of sp³-hybridized carbons (Fsp3) is 0.417. The van der Waals surface area contributed by atoms with Crippen molar-refractivity contribution in [1.29, 1.82) is 0 Å². The average molecular weight is 471 g/mol. The van der Waals surface area contributed by atoms with E-state index in [1.165, 1.54) is 20.0 Å². The van der Waals surface area contributed by atoms with Crippen molar-refractivity contribution in [2.24, 2.45) is 0 Å². The van der Waals surface area contributed by atoms with E-state index < -0.39 is 29.9 Å². The molecule has 4 rings (SSSR count). The van der Waals surface area contributed by atoms with E-state index >= 15 is 0 Å². The van der Waals surface area contributed by atoms with Crippen LogP contribution in [0.15, 0.2) is 42.7 Å². The van der Waals surface area contributed by atoms with Gasteiger partial charge in [-0.05, 0) is 57.4 Å². The second kappa shape index (κ2) is 9.84. The second-order valence-corrected chi connectivity index (χ2v) is 9.01. The Bertz CT molecular complexity index is 1170. The van der Waals surface area contributed by atoms with Crippen LogP contribution in [0.2, 0.25) is 0 Å². The minimum Gasteiger partial charge on any atom is -0.387 e. The van der Waals surface area contributed by atoms with Crippen LogP contribution in [0.1, 0.15) is 43.5 Å². The lowest BCUT2D eigenvalue weighted by atomic mass is 10.0. The third-order valence-corrected chi connectivity index (χ3v) is 5.84. The van der Waals surface area contributed by atoms with E-state index in [0.29, 0.717) is 35.7 Å². The van der Waals surface area contributed by atoms with Gasteiger partial charge in [-0.25, -0.2) is 18.7 Å². The van der Waals surface area contributed by atoms with Crippen molar-refractivity contribution in [3.05, 3.63) is 48.3 Å². The molecule has 10 heteroatoms. The van der Waals surface area contributed by atoms with E-state index in [-0.39, 0.29) is 12.1 Å². The predicted octanol–water partition coefficient (Wildman–Crippen LogP) is 3.91. The number of rotatable bonds is 8. The highest BCUT2D eigenvalue weighted by atomic mass is 19.1. The number of hydrogen-bond acceptors (Lipinski definition) is 7. The summed E-state index contributed by atoms with van der Waals surface area (Å²) in [6, 6.07) is 8.40. The Morgan fingerprint density at radius 3 is 2.76 bits per heavy atom. The van der Waals surface area contributed by atoms with Gasteiger partial charge in [-0.1, -0.05) is 0 Å². The largest absolute Gasteiger partial charge is 0.387 e. The Balaban J connectivity index is 1.57. The first-order valence-electron chi connectivity index (χ1n) is 11.2. The number of anilines is 3. The molecule has 0 radical (unpaired) electrons. The van der Waals surface area contributed by atoms with Crippen LogP contribution < -0.4 is 16.0 Å². The number of aromatic nitrogens is 3. The summed E-state index contributed by atoms with van der Waals surface area (Å²) in [5.74, 6) is 0.366. The molecular formula is C24H28F2N6O2. The summed E-state index contributed by atoms with van der Waals surface area (Å²) in [7, 11) is 0. The number of hydrogen-bond donors (Lipinski definition) is 4. The highest BCUT2D eigenvalue weighted by Gasteiger charge is 2.29. The average Bonchev–Trinajstić information content (AvgIpc) is 3.21. The molecule has 0 saturated heterocycles. The number of halogens is 2. The maximum absolute atomic E-state index is 14.3. The number of nitrogens with zero attached hydrogens (tertiary/aromatic N) is 3. The number of carbonyl (C=O) groups excluding carboxylic acids is 1. The minimum absolute atomic E-state index is 0.156. The van der Waals surface area contributed by atoms with E-state index in [9.17, 15) is 18.7 Å². The Morgan fingerprint density at radius 1 is 1.21 bits per heavy atom. The molecule has 0 aliphatic heterocycles. The summed E-state index contributed by atoms with van der Waals surface area (Å²) in [4.78, 5) is 25.8. The van der Waals surface area contributed by atoms with Gasteiger partial charge in [0, 0.05) is 18.5 Å². The predicted molar refractivity (Wildman–Crippen MR) is 127 cm³/mol. The van der Waals surface area contributed by atoms with E-state index in [4.69, 9.17) is 0 Å². The zero-order valence-electron chi connectivity index (χ0n) is 19.1.